The van der Waals surface area contributed by atoms with E-state index < -0.39 is 21.9 Å². The van der Waals surface area contributed by atoms with E-state index in [1.807, 2.05) is 13.8 Å². The number of aliphatic hydroxyl groups excluding tert-OH is 2. The van der Waals surface area contributed by atoms with Crippen molar-refractivity contribution in [3.05, 3.63) is 46.5 Å². The Balaban J connectivity index is 1.91. The first-order valence-corrected chi connectivity index (χ1v) is 18.6. The van der Waals surface area contributed by atoms with Crippen LogP contribution in [-0.2, 0) is 0 Å². The largest absolute Gasteiger partial charge is 0.508 e. The first-order valence-electron chi connectivity index (χ1n) is 16.8. The number of phenolic OH excluding ortho intramolecular Hbond substituents is 4. The molecule has 0 fully saturated rings. The quantitative estimate of drug-likeness (QED) is 0.151. The summed E-state index contributed by atoms with van der Waals surface area (Å²) in [5.41, 5.74) is 1.90. The number of aromatic hydroxyl groups is 4. The van der Waals surface area contributed by atoms with Gasteiger partial charge in [-0.05, 0) is 110 Å². The number of aliphatic hydroxyl groups is 2. The predicted molar refractivity (Wildman–Crippen MR) is 189 cm³/mol. The highest BCUT2D eigenvalue weighted by Crippen LogP contribution is 2.45. The van der Waals surface area contributed by atoms with Gasteiger partial charge in [-0.2, -0.15) is 0 Å². The molecule has 4 aliphatic carbocycles. The SMILES string of the molecule is C[C@H]1CCCC[C@H](CCCC(Cl)Cl)c2c(O)cc(cc2O)[C@H](O)[C@@H](C)CCCC[C@H](CCCC(Cl)Cl)c2c(O)cc(cc2O)[C@@H]1O. The Morgan fingerprint density at radius 2 is 0.870 bits per heavy atom. The molecule has 0 unspecified atom stereocenters. The minimum atomic E-state index is -0.871. The van der Waals surface area contributed by atoms with E-state index in [1.54, 1.807) is 24.3 Å². The maximum Gasteiger partial charge on any atom is 0.123 e. The van der Waals surface area contributed by atoms with Crippen molar-refractivity contribution >= 4 is 46.4 Å². The van der Waals surface area contributed by atoms with Crippen LogP contribution in [0.25, 0.3) is 0 Å². The highest BCUT2D eigenvalue weighted by molar-refractivity contribution is 6.44. The fourth-order valence-electron chi connectivity index (χ4n) is 7.06. The van der Waals surface area contributed by atoms with Gasteiger partial charge >= 0.3 is 0 Å². The van der Waals surface area contributed by atoms with Crippen LogP contribution in [0.3, 0.4) is 0 Å². The molecule has 0 amide bonds. The number of halogens is 4. The van der Waals surface area contributed by atoms with Crippen LogP contribution in [0.15, 0.2) is 24.3 Å². The Kier molecular flexibility index (Phi) is 16.2. The van der Waals surface area contributed by atoms with E-state index in [4.69, 9.17) is 46.4 Å². The molecule has 2 aromatic rings. The molecular formula is C36H52Cl4O6. The summed E-state index contributed by atoms with van der Waals surface area (Å²) >= 11 is 23.9. The maximum absolute atomic E-state index is 11.2. The lowest BCUT2D eigenvalue weighted by atomic mass is 9.83. The van der Waals surface area contributed by atoms with Crippen molar-refractivity contribution in [3.63, 3.8) is 0 Å². The first kappa shape index (κ1) is 39.2. The predicted octanol–water partition coefficient (Wildman–Crippen LogP) is 10.8. The molecule has 4 bridgehead atoms. The standard InChI is InChI=1S/C36H52Cl4O6/c1-21-9-3-5-11-23(13-7-15-31(37)38)34-29(43)19-26(20-30(34)44)36(46)22(2)10-4-6-12-24(14-8-16-32(39)40)33-27(41)17-25(35(21)45)18-28(33)42/h17-24,31-32,35-36,41-46H,3-16H2,1-2H3/t21-,22-,23+,24+,35+,36+/m0/s1. The van der Waals surface area contributed by atoms with Gasteiger partial charge in [0.2, 0.25) is 0 Å². The maximum atomic E-state index is 11.2. The smallest absolute Gasteiger partial charge is 0.123 e. The molecule has 2 aromatic carbocycles. The number of phenols is 4. The second-order valence-electron chi connectivity index (χ2n) is 13.4. The fraction of sp³-hybridized carbons (Fsp3) is 0.667. The normalized spacial score (nSPS) is 25.5. The molecule has 260 valence electrons. The van der Waals surface area contributed by atoms with Crippen LogP contribution >= 0.6 is 46.4 Å². The van der Waals surface area contributed by atoms with Gasteiger partial charge in [0.05, 0.1) is 12.2 Å². The third-order valence-corrected chi connectivity index (χ3v) is 10.6. The topological polar surface area (TPSA) is 121 Å². The summed E-state index contributed by atoms with van der Waals surface area (Å²) in [5, 5.41) is 66.8. The van der Waals surface area contributed by atoms with Crippen LogP contribution < -0.4 is 0 Å². The molecule has 6 rings (SSSR count). The molecule has 0 saturated heterocycles. The Bertz CT molecular complexity index is 1090. The number of benzene rings is 2. The minimum absolute atomic E-state index is 0.0212. The molecule has 0 saturated carbocycles. The monoisotopic (exact) mass is 720 g/mol. The van der Waals surface area contributed by atoms with Crippen LogP contribution in [-0.4, -0.2) is 40.3 Å². The Morgan fingerprint density at radius 1 is 0.565 bits per heavy atom. The lowest BCUT2D eigenvalue weighted by Gasteiger charge is -2.25. The number of hydrogen-bond donors (Lipinski definition) is 6. The van der Waals surface area contributed by atoms with Crippen molar-refractivity contribution in [1.82, 2.24) is 0 Å². The summed E-state index contributed by atoms with van der Waals surface area (Å²) in [5.74, 6) is -0.637. The molecule has 0 heterocycles. The summed E-state index contributed by atoms with van der Waals surface area (Å²) in [6, 6.07) is 6.30. The van der Waals surface area contributed by atoms with Crippen LogP contribution in [0, 0.1) is 11.8 Å². The van der Waals surface area contributed by atoms with E-state index in [1.165, 1.54) is 0 Å². The lowest BCUT2D eigenvalue weighted by molar-refractivity contribution is 0.110. The van der Waals surface area contributed by atoms with Gasteiger partial charge in [0, 0.05) is 11.1 Å². The molecule has 0 spiro atoms. The van der Waals surface area contributed by atoms with Gasteiger partial charge in [-0.15, -0.1) is 46.4 Å². The zero-order valence-electron chi connectivity index (χ0n) is 27.0. The number of hydrogen-bond acceptors (Lipinski definition) is 6. The molecule has 0 aromatic heterocycles. The van der Waals surface area contributed by atoms with Crippen LogP contribution in [0.1, 0.15) is 150 Å². The van der Waals surface area contributed by atoms with Crippen LogP contribution in [0.4, 0.5) is 0 Å². The summed E-state index contributed by atoms with van der Waals surface area (Å²) in [7, 11) is 0. The zero-order chi connectivity index (χ0) is 34.0. The fourth-order valence-corrected chi connectivity index (χ4v) is 7.67. The lowest BCUT2D eigenvalue weighted by Crippen LogP contribution is -2.12. The average molecular weight is 723 g/mol. The molecule has 4 aliphatic rings. The van der Waals surface area contributed by atoms with Crippen molar-refractivity contribution in [1.29, 1.82) is 0 Å². The molecule has 6 atom stereocenters. The zero-order valence-corrected chi connectivity index (χ0v) is 30.0. The summed E-state index contributed by atoms with van der Waals surface area (Å²) < 4.78 is 0. The van der Waals surface area contributed by atoms with E-state index in [0.29, 0.717) is 73.6 Å². The molecular weight excluding hydrogens is 670 g/mol. The summed E-state index contributed by atoms with van der Waals surface area (Å²) in [4.78, 5) is -0.976. The first-order chi connectivity index (χ1) is 21.8. The Hall–Kier alpha value is -1.28. The van der Waals surface area contributed by atoms with E-state index in [-0.39, 0.29) is 46.7 Å². The van der Waals surface area contributed by atoms with Crippen molar-refractivity contribution in [2.45, 2.75) is 137 Å². The number of alkyl halides is 4. The average Bonchev–Trinajstić information content (AvgIpc) is 2.98. The molecule has 0 radical (unpaired) electrons. The molecule has 6 N–H and O–H groups in total. The third-order valence-electron chi connectivity index (χ3n) is 9.77. The van der Waals surface area contributed by atoms with E-state index >= 15 is 0 Å². The Labute approximate surface area is 294 Å². The molecule has 46 heavy (non-hydrogen) atoms. The Morgan fingerprint density at radius 3 is 1.17 bits per heavy atom. The van der Waals surface area contributed by atoms with Crippen molar-refractivity contribution in [3.8, 4) is 23.0 Å². The highest BCUT2D eigenvalue weighted by atomic mass is 35.5. The van der Waals surface area contributed by atoms with Crippen LogP contribution in [0.2, 0.25) is 0 Å². The van der Waals surface area contributed by atoms with Gasteiger partial charge in [0.1, 0.15) is 32.7 Å². The summed E-state index contributed by atoms with van der Waals surface area (Å²) in [6.45, 7) is 3.90. The van der Waals surface area contributed by atoms with Gasteiger partial charge in [0.25, 0.3) is 0 Å². The van der Waals surface area contributed by atoms with Crippen molar-refractivity contribution < 1.29 is 30.6 Å². The van der Waals surface area contributed by atoms with Gasteiger partial charge in [-0.1, -0.05) is 52.4 Å². The second kappa shape index (κ2) is 19.0. The molecule has 10 heteroatoms. The van der Waals surface area contributed by atoms with Gasteiger partial charge in [-0.25, -0.2) is 0 Å². The second-order valence-corrected chi connectivity index (χ2v) is 16.0. The van der Waals surface area contributed by atoms with Crippen molar-refractivity contribution in [2.24, 2.45) is 11.8 Å². The number of rotatable bonds is 8. The van der Waals surface area contributed by atoms with Crippen LogP contribution in [0.5, 0.6) is 23.0 Å². The van der Waals surface area contributed by atoms with E-state index in [9.17, 15) is 30.6 Å². The minimum Gasteiger partial charge on any atom is -0.508 e. The molecule has 6 nitrogen and oxygen atoms in total. The van der Waals surface area contributed by atoms with Gasteiger partial charge in [0.15, 0.2) is 0 Å². The van der Waals surface area contributed by atoms with Gasteiger partial charge in [-0.3, -0.25) is 0 Å². The van der Waals surface area contributed by atoms with Crippen molar-refractivity contribution in [2.75, 3.05) is 0 Å². The molecule has 0 aliphatic heterocycles. The summed E-state index contributed by atoms with van der Waals surface area (Å²) in [6.07, 6.45) is 8.20. The highest BCUT2D eigenvalue weighted by Gasteiger charge is 2.27. The van der Waals surface area contributed by atoms with E-state index in [2.05, 4.69) is 0 Å². The van der Waals surface area contributed by atoms with Gasteiger partial charge < -0.3 is 30.6 Å². The van der Waals surface area contributed by atoms with E-state index in [0.717, 1.165) is 38.5 Å². The third kappa shape index (κ3) is 11.4.